The number of carbonyl (C=O) groups excluding carboxylic acids is 2. The lowest BCUT2D eigenvalue weighted by Crippen LogP contribution is -2.36. The molecule has 0 aliphatic heterocycles. The quantitative estimate of drug-likeness (QED) is 0.0354. The molecular formula is C45H87N3O4. The predicted octanol–water partition coefficient (Wildman–Crippen LogP) is 11.0. The first-order chi connectivity index (χ1) is 25.3. The number of esters is 2. The third kappa shape index (κ3) is 38.0. The van der Waals surface area contributed by atoms with E-state index in [-0.39, 0.29) is 11.9 Å². The molecule has 0 aromatic rings. The number of hydrogen-bond acceptors (Lipinski definition) is 7. The van der Waals surface area contributed by atoms with Gasteiger partial charge in [0.2, 0.25) is 0 Å². The van der Waals surface area contributed by atoms with Crippen LogP contribution in [0.4, 0.5) is 0 Å². The Labute approximate surface area is 323 Å². The van der Waals surface area contributed by atoms with Crippen molar-refractivity contribution in [2.75, 3.05) is 74.1 Å². The molecule has 0 aliphatic carbocycles. The van der Waals surface area contributed by atoms with Crippen LogP contribution in [0.2, 0.25) is 0 Å². The second-order valence-corrected chi connectivity index (χ2v) is 15.7. The van der Waals surface area contributed by atoms with Gasteiger partial charge in [0.15, 0.2) is 0 Å². The molecule has 0 radical (unpaired) electrons. The van der Waals surface area contributed by atoms with Gasteiger partial charge in [0.1, 0.15) is 13.2 Å². The lowest BCUT2D eigenvalue weighted by Gasteiger charge is -2.27. The van der Waals surface area contributed by atoms with E-state index in [1.807, 2.05) is 12.2 Å². The summed E-state index contributed by atoms with van der Waals surface area (Å²) in [5.74, 6) is 0.632. The Morgan fingerprint density at radius 1 is 0.481 bits per heavy atom. The third-order valence-electron chi connectivity index (χ3n) is 10.1. The fourth-order valence-corrected chi connectivity index (χ4v) is 6.50. The van der Waals surface area contributed by atoms with Crippen molar-refractivity contribution >= 4 is 11.9 Å². The summed E-state index contributed by atoms with van der Waals surface area (Å²) in [6.07, 6.45) is 37.2. The molecule has 0 amide bonds. The second-order valence-electron chi connectivity index (χ2n) is 15.7. The molecule has 0 spiro atoms. The first kappa shape index (κ1) is 50.3. The van der Waals surface area contributed by atoms with Gasteiger partial charge in [0.05, 0.1) is 0 Å². The van der Waals surface area contributed by atoms with E-state index in [1.165, 1.54) is 116 Å². The summed E-state index contributed by atoms with van der Waals surface area (Å²) in [4.78, 5) is 31.4. The molecule has 0 bridgehead atoms. The average molecular weight is 734 g/mol. The van der Waals surface area contributed by atoms with Crippen molar-refractivity contribution in [2.45, 2.75) is 174 Å². The number of likely N-dealkylation sites (N-methyl/N-ethyl adjacent to an activating group) is 3. The second kappa shape index (κ2) is 39.0. The molecule has 1 unspecified atom stereocenters. The van der Waals surface area contributed by atoms with Crippen LogP contribution in [0, 0.1) is 5.92 Å². The van der Waals surface area contributed by atoms with E-state index in [0.717, 1.165) is 70.6 Å². The van der Waals surface area contributed by atoms with Crippen LogP contribution in [0.25, 0.3) is 0 Å². The highest BCUT2D eigenvalue weighted by atomic mass is 16.5. The highest BCUT2D eigenvalue weighted by Gasteiger charge is 2.13. The molecule has 1 atom stereocenters. The van der Waals surface area contributed by atoms with Gasteiger partial charge in [-0.25, -0.2) is 0 Å². The normalized spacial score (nSPS) is 12.6. The van der Waals surface area contributed by atoms with E-state index in [0.29, 0.717) is 26.1 Å². The fourth-order valence-electron chi connectivity index (χ4n) is 6.50. The van der Waals surface area contributed by atoms with E-state index in [4.69, 9.17) is 9.47 Å². The molecule has 7 nitrogen and oxygen atoms in total. The van der Waals surface area contributed by atoms with Crippen LogP contribution in [0.15, 0.2) is 24.3 Å². The number of allylic oxidation sites excluding steroid dienone is 2. The van der Waals surface area contributed by atoms with Gasteiger partial charge in [-0.2, -0.15) is 0 Å². The molecular weight excluding hydrogens is 647 g/mol. The van der Waals surface area contributed by atoms with E-state index in [9.17, 15) is 9.59 Å². The third-order valence-corrected chi connectivity index (χ3v) is 10.1. The van der Waals surface area contributed by atoms with Crippen LogP contribution in [0.5, 0.6) is 0 Å². The lowest BCUT2D eigenvalue weighted by atomic mass is 9.93. The highest BCUT2D eigenvalue weighted by molar-refractivity contribution is 5.69. The molecule has 0 fully saturated rings. The smallest absolute Gasteiger partial charge is 0.306 e. The van der Waals surface area contributed by atoms with Gasteiger partial charge in [-0.15, -0.1) is 0 Å². The molecule has 0 saturated carbocycles. The van der Waals surface area contributed by atoms with Crippen LogP contribution in [0.1, 0.15) is 174 Å². The van der Waals surface area contributed by atoms with Crippen LogP contribution in [-0.2, 0) is 19.1 Å². The maximum Gasteiger partial charge on any atom is 0.306 e. The highest BCUT2D eigenvalue weighted by Crippen LogP contribution is 2.20. The van der Waals surface area contributed by atoms with E-state index in [2.05, 4.69) is 68.9 Å². The van der Waals surface area contributed by atoms with Crippen molar-refractivity contribution < 1.29 is 19.1 Å². The van der Waals surface area contributed by atoms with Gasteiger partial charge in [0, 0.05) is 45.6 Å². The van der Waals surface area contributed by atoms with Gasteiger partial charge in [-0.1, -0.05) is 134 Å². The summed E-state index contributed by atoms with van der Waals surface area (Å²) >= 11 is 0. The minimum Gasteiger partial charge on any atom is -0.461 e. The zero-order valence-electron chi connectivity index (χ0n) is 35.5. The number of nitrogens with zero attached hydrogens (tertiary/aromatic N) is 3. The van der Waals surface area contributed by atoms with E-state index in [1.54, 1.807) is 0 Å². The SMILES string of the molecule is CCCCCC/C=C/COC(=O)CCCCCCCCC(CCCCCCCC(=O)OC/C=C/CCCCCC)CN(C)CCN(C)CCN(C)C. The Balaban J connectivity index is 4.25. The Hall–Kier alpha value is -1.70. The molecule has 306 valence electrons. The molecule has 0 aromatic carbocycles. The summed E-state index contributed by atoms with van der Waals surface area (Å²) in [6.45, 7) is 10.9. The van der Waals surface area contributed by atoms with Crippen LogP contribution in [0.3, 0.4) is 0 Å². The van der Waals surface area contributed by atoms with Gasteiger partial charge < -0.3 is 24.2 Å². The van der Waals surface area contributed by atoms with Crippen molar-refractivity contribution in [1.82, 2.24) is 14.7 Å². The van der Waals surface area contributed by atoms with Crippen molar-refractivity contribution in [2.24, 2.45) is 5.92 Å². The summed E-state index contributed by atoms with van der Waals surface area (Å²) in [6, 6.07) is 0. The van der Waals surface area contributed by atoms with Crippen LogP contribution in [-0.4, -0.2) is 101 Å². The summed E-state index contributed by atoms with van der Waals surface area (Å²) in [5.41, 5.74) is 0. The number of unbranched alkanes of at least 4 members (excludes halogenated alkanes) is 17. The van der Waals surface area contributed by atoms with Crippen molar-refractivity contribution in [3.63, 3.8) is 0 Å². The first-order valence-corrected chi connectivity index (χ1v) is 21.9. The number of ether oxygens (including phenoxy) is 2. The number of carbonyl (C=O) groups is 2. The van der Waals surface area contributed by atoms with Crippen molar-refractivity contribution in [3.05, 3.63) is 24.3 Å². The Kier molecular flexibility index (Phi) is 37.7. The Bertz CT molecular complexity index is 846. The molecule has 0 heterocycles. The topological polar surface area (TPSA) is 62.3 Å². The molecule has 0 rings (SSSR count). The summed E-state index contributed by atoms with van der Waals surface area (Å²) in [5, 5.41) is 0. The van der Waals surface area contributed by atoms with Crippen molar-refractivity contribution in [3.8, 4) is 0 Å². The zero-order valence-corrected chi connectivity index (χ0v) is 35.5. The monoisotopic (exact) mass is 734 g/mol. The predicted molar refractivity (Wildman–Crippen MR) is 224 cm³/mol. The summed E-state index contributed by atoms with van der Waals surface area (Å²) in [7, 11) is 8.81. The Morgan fingerprint density at radius 3 is 1.35 bits per heavy atom. The largest absolute Gasteiger partial charge is 0.461 e. The van der Waals surface area contributed by atoms with Gasteiger partial charge in [0.25, 0.3) is 0 Å². The van der Waals surface area contributed by atoms with Gasteiger partial charge in [-0.3, -0.25) is 9.59 Å². The molecule has 0 N–H and O–H groups in total. The van der Waals surface area contributed by atoms with E-state index < -0.39 is 0 Å². The molecule has 0 aromatic heterocycles. The molecule has 0 aliphatic rings. The lowest BCUT2D eigenvalue weighted by molar-refractivity contribution is -0.143. The van der Waals surface area contributed by atoms with Gasteiger partial charge in [-0.05, 0) is 85.5 Å². The minimum absolute atomic E-state index is 0.0549. The number of hydrogen-bond donors (Lipinski definition) is 0. The number of rotatable bonds is 39. The van der Waals surface area contributed by atoms with Gasteiger partial charge >= 0.3 is 11.9 Å². The molecule has 0 saturated heterocycles. The molecule has 7 heteroatoms. The van der Waals surface area contributed by atoms with Crippen LogP contribution >= 0.6 is 0 Å². The van der Waals surface area contributed by atoms with E-state index >= 15 is 0 Å². The maximum atomic E-state index is 12.1. The van der Waals surface area contributed by atoms with Crippen molar-refractivity contribution in [1.29, 1.82) is 0 Å². The zero-order chi connectivity index (χ0) is 38.3. The fraction of sp³-hybridized carbons (Fsp3) is 0.867. The maximum absolute atomic E-state index is 12.1. The average Bonchev–Trinajstić information content (AvgIpc) is 3.12. The first-order valence-electron chi connectivity index (χ1n) is 21.9. The molecule has 52 heavy (non-hydrogen) atoms. The summed E-state index contributed by atoms with van der Waals surface area (Å²) < 4.78 is 10.8. The Morgan fingerprint density at radius 2 is 0.885 bits per heavy atom. The minimum atomic E-state index is -0.0552. The van der Waals surface area contributed by atoms with Crippen LogP contribution < -0.4 is 0 Å². The standard InChI is InChI=1S/C45H87N3O4/c1-7-9-11-13-17-24-30-40-51-44(49)34-28-22-16-15-20-26-32-43(42-48(6)39-38-47(5)37-36-46(3)4)33-27-21-19-23-29-35-45(50)52-41-31-25-18-14-12-10-8-2/h24-25,30-31,43H,7-23,26-29,32-42H2,1-6H3/b30-24+,31-25+.